The third-order valence-electron chi connectivity index (χ3n) is 2.45. The van der Waals surface area contributed by atoms with Crippen LogP contribution in [0, 0.1) is 6.92 Å². The number of imide groups is 1. The second-order valence-corrected chi connectivity index (χ2v) is 3.81. The molecule has 2 rings (SSSR count). The number of hydrogen-bond donors (Lipinski definition) is 2. The Hall–Kier alpha value is -1.91. The van der Waals surface area contributed by atoms with E-state index in [4.69, 9.17) is 0 Å². The van der Waals surface area contributed by atoms with E-state index >= 15 is 0 Å². The predicted molar refractivity (Wildman–Crippen MR) is 58.8 cm³/mol. The zero-order chi connectivity index (χ0) is 11.5. The van der Waals surface area contributed by atoms with Crippen LogP contribution in [-0.4, -0.2) is 22.8 Å². The minimum atomic E-state index is -0.369. The van der Waals surface area contributed by atoms with Crippen molar-refractivity contribution < 1.29 is 9.59 Å². The Balaban J connectivity index is 2.05. The van der Waals surface area contributed by atoms with Crippen molar-refractivity contribution in [2.45, 2.75) is 25.8 Å². The number of nitrogens with zero attached hydrogens (tertiary/aromatic N) is 1. The fourth-order valence-electron chi connectivity index (χ4n) is 1.63. The van der Waals surface area contributed by atoms with Crippen LogP contribution in [0.3, 0.4) is 0 Å². The molecule has 84 valence electrons. The van der Waals surface area contributed by atoms with Crippen molar-refractivity contribution in [3.05, 3.63) is 23.9 Å². The third kappa shape index (κ3) is 2.36. The summed E-state index contributed by atoms with van der Waals surface area (Å²) in [5, 5.41) is 5.31. The van der Waals surface area contributed by atoms with Crippen molar-refractivity contribution in [2.24, 2.45) is 0 Å². The van der Waals surface area contributed by atoms with Gasteiger partial charge in [0.05, 0.1) is 0 Å². The van der Waals surface area contributed by atoms with E-state index in [0.717, 1.165) is 5.69 Å². The summed E-state index contributed by atoms with van der Waals surface area (Å²) in [6.07, 6.45) is 0.884. The summed E-state index contributed by atoms with van der Waals surface area (Å²) < 4.78 is 0. The van der Waals surface area contributed by atoms with E-state index in [1.54, 1.807) is 6.07 Å². The molecule has 0 bridgehead atoms. The average Bonchev–Trinajstić information content (AvgIpc) is 2.22. The van der Waals surface area contributed by atoms with Crippen LogP contribution in [0.4, 0.5) is 5.82 Å². The van der Waals surface area contributed by atoms with Crippen molar-refractivity contribution in [2.75, 3.05) is 5.32 Å². The van der Waals surface area contributed by atoms with Crippen molar-refractivity contribution >= 4 is 17.6 Å². The average molecular weight is 219 g/mol. The van der Waals surface area contributed by atoms with E-state index in [2.05, 4.69) is 15.6 Å². The molecule has 1 saturated heterocycles. The largest absolute Gasteiger partial charge is 0.358 e. The second kappa shape index (κ2) is 4.30. The van der Waals surface area contributed by atoms with Gasteiger partial charge in [0, 0.05) is 12.1 Å². The third-order valence-corrected chi connectivity index (χ3v) is 2.45. The zero-order valence-electron chi connectivity index (χ0n) is 8.99. The smallest absolute Gasteiger partial charge is 0.249 e. The van der Waals surface area contributed by atoms with E-state index in [1.807, 2.05) is 19.1 Å². The second-order valence-electron chi connectivity index (χ2n) is 3.81. The molecule has 0 saturated carbocycles. The first kappa shape index (κ1) is 10.6. The van der Waals surface area contributed by atoms with E-state index in [1.165, 1.54) is 0 Å². The number of nitrogens with one attached hydrogen (secondary N) is 2. The molecule has 1 aromatic rings. The summed E-state index contributed by atoms with van der Waals surface area (Å²) in [5.74, 6) is 0.175. The number of rotatable bonds is 2. The highest BCUT2D eigenvalue weighted by molar-refractivity contribution is 6.01. The van der Waals surface area contributed by atoms with Crippen LogP contribution in [-0.2, 0) is 9.59 Å². The molecule has 5 nitrogen and oxygen atoms in total. The maximum absolute atomic E-state index is 11.5. The predicted octanol–water partition coefficient (Wildman–Crippen LogP) is 0.607. The van der Waals surface area contributed by atoms with Crippen LogP contribution in [0.5, 0.6) is 0 Å². The molecule has 0 aromatic carbocycles. The van der Waals surface area contributed by atoms with Crippen molar-refractivity contribution in [1.29, 1.82) is 0 Å². The first-order valence-corrected chi connectivity index (χ1v) is 5.19. The summed E-state index contributed by atoms with van der Waals surface area (Å²) >= 11 is 0. The van der Waals surface area contributed by atoms with Gasteiger partial charge in [-0.1, -0.05) is 6.07 Å². The molecule has 0 spiro atoms. The fraction of sp³-hybridized carbons (Fsp3) is 0.364. The number of anilines is 1. The summed E-state index contributed by atoms with van der Waals surface area (Å²) in [6.45, 7) is 1.88. The van der Waals surface area contributed by atoms with E-state index < -0.39 is 0 Å². The number of pyridine rings is 1. The molecular formula is C11H13N3O2. The molecular weight excluding hydrogens is 206 g/mol. The van der Waals surface area contributed by atoms with E-state index in [0.29, 0.717) is 18.7 Å². The van der Waals surface area contributed by atoms with Crippen LogP contribution < -0.4 is 10.6 Å². The molecule has 0 aliphatic carbocycles. The van der Waals surface area contributed by atoms with Crippen molar-refractivity contribution in [1.82, 2.24) is 10.3 Å². The Morgan fingerprint density at radius 1 is 1.44 bits per heavy atom. The maximum atomic E-state index is 11.5. The van der Waals surface area contributed by atoms with Gasteiger partial charge >= 0.3 is 0 Å². The Bertz CT molecular complexity index is 431. The summed E-state index contributed by atoms with van der Waals surface area (Å²) in [5.41, 5.74) is 0.886. The van der Waals surface area contributed by atoms with Gasteiger partial charge in [-0.3, -0.25) is 14.9 Å². The molecule has 1 atom stereocenters. The van der Waals surface area contributed by atoms with E-state index in [-0.39, 0.29) is 17.9 Å². The first-order valence-electron chi connectivity index (χ1n) is 5.19. The molecule has 1 aliphatic rings. The molecule has 1 unspecified atom stereocenters. The highest BCUT2D eigenvalue weighted by Crippen LogP contribution is 2.11. The monoisotopic (exact) mass is 219 g/mol. The van der Waals surface area contributed by atoms with Gasteiger partial charge in [0.15, 0.2) is 0 Å². The van der Waals surface area contributed by atoms with Gasteiger partial charge in [0.25, 0.3) is 0 Å². The quantitative estimate of drug-likeness (QED) is 0.715. The zero-order valence-corrected chi connectivity index (χ0v) is 8.99. The molecule has 2 N–H and O–H groups in total. The van der Waals surface area contributed by atoms with Gasteiger partial charge in [-0.05, 0) is 25.5 Å². The first-order chi connectivity index (χ1) is 7.65. The number of carbonyl (C=O) groups excluding carboxylic acids is 2. The lowest BCUT2D eigenvalue weighted by Crippen LogP contribution is -2.47. The van der Waals surface area contributed by atoms with Gasteiger partial charge in [-0.2, -0.15) is 0 Å². The van der Waals surface area contributed by atoms with Crippen LogP contribution in [0.2, 0.25) is 0 Å². The number of piperidine rings is 1. The summed E-state index contributed by atoms with van der Waals surface area (Å²) in [7, 11) is 0. The SMILES string of the molecule is Cc1cccc(NC2CCC(=O)NC2=O)n1. The van der Waals surface area contributed by atoms with Gasteiger partial charge < -0.3 is 5.32 Å². The van der Waals surface area contributed by atoms with Crippen LogP contribution in [0.25, 0.3) is 0 Å². The van der Waals surface area contributed by atoms with E-state index in [9.17, 15) is 9.59 Å². The highest BCUT2D eigenvalue weighted by Gasteiger charge is 2.26. The number of hydrogen-bond acceptors (Lipinski definition) is 4. The van der Waals surface area contributed by atoms with Crippen LogP contribution in [0.1, 0.15) is 18.5 Å². The lowest BCUT2D eigenvalue weighted by atomic mass is 10.1. The van der Waals surface area contributed by atoms with Crippen molar-refractivity contribution in [3.63, 3.8) is 0 Å². The normalized spacial score (nSPS) is 20.4. The topological polar surface area (TPSA) is 71.1 Å². The van der Waals surface area contributed by atoms with Gasteiger partial charge in [0.2, 0.25) is 11.8 Å². The van der Waals surface area contributed by atoms with Crippen LogP contribution in [0.15, 0.2) is 18.2 Å². The molecule has 2 amide bonds. The Morgan fingerprint density at radius 2 is 2.25 bits per heavy atom. The lowest BCUT2D eigenvalue weighted by molar-refractivity contribution is -0.133. The Labute approximate surface area is 93.3 Å². The van der Waals surface area contributed by atoms with Gasteiger partial charge in [0.1, 0.15) is 11.9 Å². The number of aryl methyl sites for hydroxylation is 1. The summed E-state index contributed by atoms with van der Waals surface area (Å²) in [4.78, 5) is 26.7. The minimum Gasteiger partial charge on any atom is -0.358 e. The van der Waals surface area contributed by atoms with Crippen molar-refractivity contribution in [3.8, 4) is 0 Å². The molecule has 1 aliphatic heterocycles. The number of carbonyl (C=O) groups is 2. The Morgan fingerprint density at radius 3 is 2.94 bits per heavy atom. The maximum Gasteiger partial charge on any atom is 0.249 e. The number of aromatic nitrogens is 1. The van der Waals surface area contributed by atoms with Crippen LogP contribution >= 0.6 is 0 Å². The minimum absolute atomic E-state index is 0.208. The molecule has 2 heterocycles. The number of amides is 2. The molecule has 1 fully saturated rings. The van der Waals surface area contributed by atoms with Gasteiger partial charge in [-0.25, -0.2) is 4.98 Å². The molecule has 1 aromatic heterocycles. The fourth-order valence-corrected chi connectivity index (χ4v) is 1.63. The molecule has 5 heteroatoms. The highest BCUT2D eigenvalue weighted by atomic mass is 16.2. The standard InChI is InChI=1S/C11H13N3O2/c1-7-3-2-4-9(12-7)13-8-5-6-10(15)14-11(8)16/h2-4,8H,5-6H2,1H3,(H,12,13)(H,14,15,16). The molecule has 0 radical (unpaired) electrons. The summed E-state index contributed by atoms with van der Waals surface area (Å²) in [6, 6.07) is 5.19. The Kier molecular flexibility index (Phi) is 2.85. The lowest BCUT2D eigenvalue weighted by Gasteiger charge is -2.22. The van der Waals surface area contributed by atoms with Gasteiger partial charge in [-0.15, -0.1) is 0 Å². The molecule has 16 heavy (non-hydrogen) atoms.